The fraction of sp³-hybridized carbons (Fsp3) is 0.917. The minimum absolute atomic E-state index is 0.00160. The maximum atomic E-state index is 16.6. The maximum Gasteiger partial charge on any atom is 0.382 e. The lowest BCUT2D eigenvalue weighted by Gasteiger charge is -2.81. The van der Waals surface area contributed by atoms with Gasteiger partial charge in [0.15, 0.2) is 6.54 Å². The molecule has 12 nitrogen and oxygen atoms in total. The Bertz CT molecular complexity index is 1630. The van der Waals surface area contributed by atoms with Gasteiger partial charge in [0, 0.05) is 51.4 Å². The van der Waals surface area contributed by atoms with Crippen molar-refractivity contribution in [1.82, 2.24) is 0 Å². The summed E-state index contributed by atoms with van der Waals surface area (Å²) < 4.78 is -0.505. The molecule has 4 rings (SSSR count). The number of nitrogens with zero attached hydrogens (tertiary/aromatic N) is 4. The molecular formula is C48H90N4O8+4. The molecule has 0 saturated carbocycles. The minimum atomic E-state index is -3.90. The Morgan fingerprint density at radius 3 is 0.817 bits per heavy atom. The van der Waals surface area contributed by atoms with E-state index in [0.29, 0.717) is 44.9 Å². The highest BCUT2D eigenvalue weighted by molar-refractivity contribution is 6.21. The van der Waals surface area contributed by atoms with Crippen LogP contribution in [0.2, 0.25) is 0 Å². The molecule has 0 aliphatic carbocycles. The van der Waals surface area contributed by atoms with E-state index in [-0.39, 0.29) is 20.0 Å². The summed E-state index contributed by atoms with van der Waals surface area (Å²) in [5.41, 5.74) is -15.8. The molecule has 346 valence electrons. The number of quaternary nitrogens is 4. The van der Waals surface area contributed by atoms with E-state index in [9.17, 15) is 20.4 Å². The van der Waals surface area contributed by atoms with E-state index < -0.39 is 89.3 Å². The van der Waals surface area contributed by atoms with Gasteiger partial charge in [-0.2, -0.15) is 0 Å². The van der Waals surface area contributed by atoms with Gasteiger partial charge < -0.3 is 24.9 Å². The first-order valence-corrected chi connectivity index (χ1v) is 23.0. The van der Waals surface area contributed by atoms with Gasteiger partial charge in [-0.1, -0.05) is 0 Å². The van der Waals surface area contributed by atoms with Crippen molar-refractivity contribution in [2.45, 2.75) is 243 Å². The highest BCUT2D eigenvalue weighted by atomic mass is 16.4. The standard InChI is InChI=1S/C48H86N4O8/c1-38(2)25-21-26-39(3,4)49(38,17)33-46(50(18)40(5,6)27-22-28-41(50,7)8,51(19)42(9,10)29-23-30-43(51,11)12)48(37(59)60,47(34(53)54,35(55)56)36(57)58)52(20)44(13,14)31-24-32-45(52,15)16/h21-33H2,1-20H3/p+4. The number of rotatable bonds is 11. The van der Waals surface area contributed by atoms with Gasteiger partial charge in [-0.15, -0.1) is 0 Å². The summed E-state index contributed by atoms with van der Waals surface area (Å²) in [6.45, 7) is 34.0. The summed E-state index contributed by atoms with van der Waals surface area (Å²) in [7, 11) is 8.20. The predicted octanol–water partition coefficient (Wildman–Crippen LogP) is 8.50. The number of likely N-dealkylation sites (tertiary alicyclic amines) is 4. The van der Waals surface area contributed by atoms with Crippen LogP contribution >= 0.6 is 0 Å². The van der Waals surface area contributed by atoms with Crippen LogP contribution in [0.15, 0.2) is 0 Å². The van der Waals surface area contributed by atoms with Crippen molar-refractivity contribution in [2.24, 2.45) is 5.41 Å². The molecule has 0 spiro atoms. The largest absolute Gasteiger partial charge is 0.480 e. The van der Waals surface area contributed by atoms with Crippen molar-refractivity contribution in [3.63, 3.8) is 0 Å². The fourth-order valence-corrected chi connectivity index (χ4v) is 16.4. The molecule has 0 amide bonds. The van der Waals surface area contributed by atoms with Gasteiger partial charge in [0.1, 0.15) is 0 Å². The number of hydrogen-bond acceptors (Lipinski definition) is 4. The molecule has 0 aromatic rings. The van der Waals surface area contributed by atoms with Crippen molar-refractivity contribution in [1.29, 1.82) is 0 Å². The zero-order valence-corrected chi connectivity index (χ0v) is 41.9. The van der Waals surface area contributed by atoms with E-state index in [1.165, 1.54) is 0 Å². The zero-order chi connectivity index (χ0) is 47.0. The number of likely N-dealkylation sites (N-methyl/N-ethyl adjacent to an activating group) is 4. The first-order valence-electron chi connectivity index (χ1n) is 23.0. The number of carboxylic acid groups (broad SMARTS) is 4. The summed E-state index contributed by atoms with van der Waals surface area (Å²) in [5, 5.41) is 50.0. The molecule has 60 heavy (non-hydrogen) atoms. The van der Waals surface area contributed by atoms with Crippen LogP contribution in [0.1, 0.15) is 188 Å². The number of carboxylic acids is 4. The summed E-state index contributed by atoms with van der Waals surface area (Å²) >= 11 is 0. The predicted molar refractivity (Wildman–Crippen MR) is 236 cm³/mol. The molecular weight excluding hydrogens is 761 g/mol. The van der Waals surface area contributed by atoms with Gasteiger partial charge in [-0.25, -0.2) is 4.79 Å². The highest BCUT2D eigenvalue weighted by Gasteiger charge is 3.03. The second kappa shape index (κ2) is 13.9. The van der Waals surface area contributed by atoms with Crippen molar-refractivity contribution in [3.8, 4) is 0 Å². The third kappa shape index (κ3) is 5.34. The van der Waals surface area contributed by atoms with Crippen molar-refractivity contribution < 1.29 is 57.5 Å². The molecule has 1 atom stereocenters. The Labute approximate surface area is 364 Å². The number of aliphatic carboxylic acids is 4. The fourth-order valence-electron chi connectivity index (χ4n) is 16.4. The molecule has 12 heteroatoms. The average molecular weight is 851 g/mol. The van der Waals surface area contributed by atoms with Crippen LogP contribution in [0.25, 0.3) is 0 Å². The second-order valence-electron chi connectivity index (χ2n) is 25.8. The number of carbonyl (C=O) groups is 4. The maximum absolute atomic E-state index is 16.6. The van der Waals surface area contributed by atoms with Crippen molar-refractivity contribution in [3.05, 3.63) is 0 Å². The van der Waals surface area contributed by atoms with Crippen molar-refractivity contribution >= 4 is 23.9 Å². The zero-order valence-electron chi connectivity index (χ0n) is 41.9. The SMILES string of the molecule is CC1(C)CCCC(C)(C)[N+]1(C)CC(C(C(=O)O)(C(C(=O)O)(C(=O)O)C(=O)O)[N+]1(C)C(C)(C)CCCC1(C)C)([N+]1(C)C(C)(C)CCCC1(C)C)[N+]1(C)C(C)(C)CCCC1(C)C. The van der Waals surface area contributed by atoms with Crippen molar-refractivity contribution in [2.75, 3.05) is 34.7 Å². The molecule has 0 radical (unpaired) electrons. The highest BCUT2D eigenvalue weighted by Crippen LogP contribution is 2.72. The van der Waals surface area contributed by atoms with Crippen LogP contribution in [0.5, 0.6) is 0 Å². The first-order chi connectivity index (χ1) is 26.6. The molecule has 0 aromatic carbocycles. The Kier molecular flexibility index (Phi) is 11.6. The van der Waals surface area contributed by atoms with Gasteiger partial charge in [0.05, 0.1) is 72.5 Å². The Hall–Kier alpha value is -2.28. The molecule has 4 fully saturated rings. The summed E-state index contributed by atoms with van der Waals surface area (Å²) in [6.07, 6.45) is 8.23. The van der Waals surface area contributed by atoms with Crippen LogP contribution in [-0.4, -0.2) is 152 Å². The summed E-state index contributed by atoms with van der Waals surface area (Å²) in [5.74, 6) is -8.12. The van der Waals surface area contributed by atoms with E-state index >= 15 is 19.2 Å². The third-order valence-electron chi connectivity index (χ3n) is 21.3. The molecule has 4 aliphatic rings. The monoisotopic (exact) mass is 851 g/mol. The van der Waals surface area contributed by atoms with Gasteiger partial charge in [0.25, 0.3) is 0 Å². The molecule has 1 unspecified atom stereocenters. The Balaban J connectivity index is 2.84. The second-order valence-corrected chi connectivity index (χ2v) is 25.8. The normalized spacial score (nSPS) is 29.9. The third-order valence-corrected chi connectivity index (χ3v) is 21.3. The number of piperidine rings is 4. The lowest BCUT2D eigenvalue weighted by molar-refractivity contribution is -1.27. The Morgan fingerprint density at radius 2 is 0.600 bits per heavy atom. The van der Waals surface area contributed by atoms with Crippen LogP contribution in [0.3, 0.4) is 0 Å². The van der Waals surface area contributed by atoms with Gasteiger partial charge in [0.2, 0.25) is 0 Å². The van der Waals surface area contributed by atoms with Crippen LogP contribution in [0.4, 0.5) is 0 Å². The molecule has 4 heterocycles. The molecule has 0 aromatic heterocycles. The summed E-state index contributed by atoms with van der Waals surface area (Å²) in [6, 6.07) is 0. The van der Waals surface area contributed by atoms with Crippen LogP contribution < -0.4 is 0 Å². The average Bonchev–Trinajstić information content (AvgIpc) is 3.04. The van der Waals surface area contributed by atoms with Crippen LogP contribution in [-0.2, 0) is 19.2 Å². The molecule has 4 aliphatic heterocycles. The smallest absolute Gasteiger partial charge is 0.382 e. The van der Waals surface area contributed by atoms with Gasteiger partial charge >= 0.3 is 40.5 Å². The topological polar surface area (TPSA) is 149 Å². The lowest BCUT2D eigenvalue weighted by atomic mass is 9.49. The van der Waals surface area contributed by atoms with Gasteiger partial charge in [-0.05, 0) is 136 Å². The van der Waals surface area contributed by atoms with E-state index in [2.05, 4.69) is 104 Å². The minimum Gasteiger partial charge on any atom is -0.480 e. The number of hydrogen-bond donors (Lipinski definition) is 4. The van der Waals surface area contributed by atoms with E-state index in [0.717, 1.165) is 32.1 Å². The van der Waals surface area contributed by atoms with E-state index in [1.807, 2.05) is 27.7 Å². The molecule has 4 N–H and O–H groups in total. The molecule has 4 saturated heterocycles. The first kappa shape index (κ1) is 50.4. The Morgan fingerprint density at radius 1 is 0.383 bits per heavy atom. The van der Waals surface area contributed by atoms with Gasteiger partial charge in [-0.3, -0.25) is 27.8 Å². The summed E-state index contributed by atoms with van der Waals surface area (Å²) in [4.78, 5) is 61.9. The van der Waals surface area contributed by atoms with E-state index in [4.69, 9.17) is 0 Å². The molecule has 0 bridgehead atoms. The van der Waals surface area contributed by atoms with E-state index in [1.54, 1.807) is 7.05 Å². The quantitative estimate of drug-likeness (QED) is 0.120. The van der Waals surface area contributed by atoms with Crippen LogP contribution in [0, 0.1) is 5.41 Å². The lowest BCUT2D eigenvalue weighted by Crippen LogP contribution is -3.08.